The Kier molecular flexibility index (Phi) is 3.23. The van der Waals surface area contributed by atoms with E-state index in [1.807, 2.05) is 0 Å². The molecule has 1 aliphatic rings. The number of nitrogens with one attached hydrogen (secondary N) is 1. The molecule has 0 aliphatic carbocycles. The molecule has 0 aromatic heterocycles. The van der Waals surface area contributed by atoms with Gasteiger partial charge in [-0.3, -0.25) is 0 Å². The molecule has 0 amide bonds. The first kappa shape index (κ1) is 11.2. The molecule has 1 atom stereocenters. The van der Waals surface area contributed by atoms with E-state index in [-0.39, 0.29) is 12.4 Å². The predicted molar refractivity (Wildman–Crippen MR) is 63.8 cm³/mol. The van der Waals surface area contributed by atoms with E-state index in [2.05, 4.69) is 28.2 Å². The lowest BCUT2D eigenvalue weighted by Crippen LogP contribution is -2.23. The smallest absolute Gasteiger partial charge is 0.139 e. The minimum Gasteiger partial charge on any atom is -0.392 e. The maximum atomic E-state index is 13.5. The van der Waals surface area contributed by atoms with E-state index >= 15 is 0 Å². The molecular weight excluding hydrogens is 281 g/mol. The van der Waals surface area contributed by atoms with Gasteiger partial charge in [0.2, 0.25) is 0 Å². The molecule has 1 heterocycles. The molecule has 15 heavy (non-hydrogen) atoms. The third-order valence-electron chi connectivity index (χ3n) is 2.30. The largest absolute Gasteiger partial charge is 0.392 e. The number of aliphatic hydroxyl groups excluding tert-OH is 1. The Morgan fingerprint density at radius 3 is 3.13 bits per heavy atom. The van der Waals surface area contributed by atoms with Crippen LogP contribution in [0.2, 0.25) is 0 Å². The topological polar surface area (TPSA) is 32.3 Å². The van der Waals surface area contributed by atoms with Crippen LogP contribution in [0.1, 0.15) is 12.5 Å². The minimum absolute atomic E-state index is 0.146. The van der Waals surface area contributed by atoms with Crippen LogP contribution in [0.3, 0.4) is 0 Å². The van der Waals surface area contributed by atoms with E-state index in [0.29, 0.717) is 16.1 Å². The highest BCUT2D eigenvalue weighted by molar-refractivity contribution is 9.10. The van der Waals surface area contributed by atoms with Gasteiger partial charge >= 0.3 is 0 Å². The van der Waals surface area contributed by atoms with Crippen LogP contribution in [0, 0.1) is 5.82 Å². The predicted octanol–water partition coefficient (Wildman–Crippen LogP) is 2.99. The quantitative estimate of drug-likeness (QED) is 0.834. The molecule has 0 fully saturated rings. The molecule has 2 rings (SSSR count). The second-order valence-electron chi connectivity index (χ2n) is 3.55. The van der Waals surface area contributed by atoms with Crippen molar-refractivity contribution in [3.8, 4) is 0 Å². The Bertz CT molecular complexity index is 399. The van der Waals surface area contributed by atoms with Crippen molar-refractivity contribution in [2.45, 2.75) is 24.5 Å². The number of hydrogen-bond acceptors (Lipinski definition) is 3. The fourth-order valence-corrected chi connectivity index (χ4v) is 3.28. The van der Waals surface area contributed by atoms with Gasteiger partial charge in [0.1, 0.15) is 5.82 Å². The monoisotopic (exact) mass is 291 g/mol. The number of hydrogen-bond donors (Lipinski definition) is 2. The number of anilines is 1. The lowest BCUT2D eigenvalue weighted by Gasteiger charge is -2.26. The van der Waals surface area contributed by atoms with Crippen molar-refractivity contribution in [3.63, 3.8) is 0 Å². The molecule has 82 valence electrons. The van der Waals surface area contributed by atoms with Crippen molar-refractivity contribution < 1.29 is 9.50 Å². The summed E-state index contributed by atoms with van der Waals surface area (Å²) in [6, 6.07) is 1.71. The van der Waals surface area contributed by atoms with Crippen molar-refractivity contribution in [2.75, 3.05) is 11.1 Å². The highest BCUT2D eigenvalue weighted by atomic mass is 79.9. The number of thioether (sulfide) groups is 1. The van der Waals surface area contributed by atoms with Gasteiger partial charge in [0, 0.05) is 22.3 Å². The van der Waals surface area contributed by atoms with E-state index in [1.165, 1.54) is 6.07 Å². The zero-order chi connectivity index (χ0) is 11.0. The summed E-state index contributed by atoms with van der Waals surface area (Å²) in [5.41, 5.74) is 1.47. The highest BCUT2D eigenvalue weighted by Gasteiger charge is 2.22. The van der Waals surface area contributed by atoms with Crippen LogP contribution in [0.5, 0.6) is 0 Å². The molecule has 0 unspecified atom stereocenters. The summed E-state index contributed by atoms with van der Waals surface area (Å²) in [6.45, 7) is 1.92. The van der Waals surface area contributed by atoms with Gasteiger partial charge in [-0.1, -0.05) is 0 Å². The van der Waals surface area contributed by atoms with Gasteiger partial charge in [-0.05, 0) is 28.9 Å². The van der Waals surface area contributed by atoms with Crippen molar-refractivity contribution in [2.24, 2.45) is 0 Å². The Hall–Kier alpha value is -0.260. The molecule has 5 heteroatoms. The third-order valence-corrected chi connectivity index (χ3v) is 4.70. The van der Waals surface area contributed by atoms with E-state index < -0.39 is 0 Å². The normalized spacial score (nSPS) is 19.6. The molecule has 0 radical (unpaired) electrons. The lowest BCUT2D eigenvalue weighted by atomic mass is 10.1. The molecule has 0 bridgehead atoms. The van der Waals surface area contributed by atoms with Crippen molar-refractivity contribution in [3.05, 3.63) is 21.9 Å². The first-order chi connectivity index (χ1) is 7.13. The summed E-state index contributed by atoms with van der Waals surface area (Å²) in [5.74, 6) is 0.585. The van der Waals surface area contributed by atoms with Crippen molar-refractivity contribution in [1.82, 2.24) is 0 Å². The molecular formula is C10H11BrFNOS. The molecule has 0 saturated carbocycles. The van der Waals surface area contributed by atoms with Crippen molar-refractivity contribution in [1.29, 1.82) is 0 Å². The SMILES string of the molecule is C[C@H]1CSc2c(Br)c(F)cc(CO)c2N1. The second kappa shape index (κ2) is 4.31. The standard InChI is InChI=1S/C10H11BrFNOS/c1-5-4-15-10-8(11)7(12)2-6(3-14)9(10)13-5/h2,5,13-14H,3-4H2,1H3/t5-/m0/s1. The second-order valence-corrected chi connectivity index (χ2v) is 5.37. The summed E-state index contributed by atoms with van der Waals surface area (Å²) < 4.78 is 13.9. The van der Waals surface area contributed by atoms with Crippen LogP contribution in [0.4, 0.5) is 10.1 Å². The van der Waals surface area contributed by atoms with E-state index in [0.717, 1.165) is 16.3 Å². The van der Waals surface area contributed by atoms with Crippen LogP contribution < -0.4 is 5.32 Å². The first-order valence-corrected chi connectivity index (χ1v) is 6.42. The Morgan fingerprint density at radius 2 is 2.47 bits per heavy atom. The molecule has 2 N–H and O–H groups in total. The number of rotatable bonds is 1. The van der Waals surface area contributed by atoms with Crippen LogP contribution in [0.15, 0.2) is 15.4 Å². The summed E-state index contributed by atoms with van der Waals surface area (Å²) >= 11 is 4.84. The fraction of sp³-hybridized carbons (Fsp3) is 0.400. The number of aliphatic hydroxyl groups is 1. The zero-order valence-electron chi connectivity index (χ0n) is 8.18. The van der Waals surface area contributed by atoms with Crippen LogP contribution in [-0.4, -0.2) is 16.9 Å². The molecule has 1 aromatic carbocycles. The Balaban J connectivity index is 2.57. The maximum absolute atomic E-state index is 13.5. The van der Waals surface area contributed by atoms with Crippen molar-refractivity contribution >= 4 is 33.4 Å². The summed E-state index contributed by atoms with van der Waals surface area (Å²) in [5, 5.41) is 12.4. The van der Waals surface area contributed by atoms with Crippen LogP contribution in [0.25, 0.3) is 0 Å². The Morgan fingerprint density at radius 1 is 1.73 bits per heavy atom. The number of halogens is 2. The van der Waals surface area contributed by atoms with Crippen LogP contribution >= 0.6 is 27.7 Å². The minimum atomic E-state index is -0.318. The van der Waals surface area contributed by atoms with Gasteiger partial charge in [0.15, 0.2) is 0 Å². The lowest BCUT2D eigenvalue weighted by molar-refractivity contribution is 0.281. The van der Waals surface area contributed by atoms with Gasteiger partial charge in [-0.15, -0.1) is 11.8 Å². The molecule has 1 aliphatic heterocycles. The summed E-state index contributed by atoms with van der Waals surface area (Å²) in [4.78, 5) is 0.858. The number of benzene rings is 1. The van der Waals surface area contributed by atoms with Gasteiger partial charge in [-0.2, -0.15) is 0 Å². The average Bonchev–Trinajstić information content (AvgIpc) is 2.23. The number of fused-ring (bicyclic) bond motifs is 1. The zero-order valence-corrected chi connectivity index (χ0v) is 10.6. The fourth-order valence-electron chi connectivity index (χ4n) is 1.57. The molecule has 0 spiro atoms. The van der Waals surface area contributed by atoms with Gasteiger partial charge in [0.25, 0.3) is 0 Å². The van der Waals surface area contributed by atoms with Gasteiger partial charge < -0.3 is 10.4 Å². The summed E-state index contributed by atoms with van der Waals surface area (Å²) in [7, 11) is 0. The molecule has 1 aromatic rings. The van der Waals surface area contributed by atoms with Crippen LogP contribution in [-0.2, 0) is 6.61 Å². The van der Waals surface area contributed by atoms with Gasteiger partial charge in [0.05, 0.1) is 16.8 Å². The third kappa shape index (κ3) is 2.00. The summed E-state index contributed by atoms with van der Waals surface area (Å²) in [6.07, 6.45) is 0. The van der Waals surface area contributed by atoms with E-state index in [9.17, 15) is 4.39 Å². The maximum Gasteiger partial charge on any atom is 0.139 e. The average molecular weight is 292 g/mol. The van der Waals surface area contributed by atoms with Gasteiger partial charge in [-0.25, -0.2) is 4.39 Å². The first-order valence-electron chi connectivity index (χ1n) is 4.64. The van der Waals surface area contributed by atoms with E-state index in [1.54, 1.807) is 11.8 Å². The van der Waals surface area contributed by atoms with E-state index in [4.69, 9.17) is 5.11 Å². The highest BCUT2D eigenvalue weighted by Crippen LogP contribution is 2.42. The Labute approximate surface area is 100 Å². The molecule has 2 nitrogen and oxygen atoms in total. The molecule has 0 saturated heterocycles.